The predicted octanol–water partition coefficient (Wildman–Crippen LogP) is 1.90. The number of allylic oxidation sites excluding steroid dienone is 1. The molecule has 0 N–H and O–H groups in total. The second-order valence-electron chi connectivity index (χ2n) is 4.17. The van der Waals surface area contributed by atoms with Crippen LogP contribution in [0.25, 0.3) is 5.65 Å². The molecule has 0 aliphatic carbocycles. The Kier molecular flexibility index (Phi) is 2.95. The lowest BCUT2D eigenvalue weighted by molar-refractivity contribution is 0.104. The zero-order valence-corrected chi connectivity index (χ0v) is 10.2. The van der Waals surface area contributed by atoms with Crippen molar-refractivity contribution in [2.75, 3.05) is 14.1 Å². The number of aromatic nitrogens is 2. The van der Waals surface area contributed by atoms with Gasteiger partial charge in [-0.1, -0.05) is 6.07 Å². The quantitative estimate of drug-likeness (QED) is 0.596. The van der Waals surface area contributed by atoms with Gasteiger partial charge < -0.3 is 4.90 Å². The molecule has 0 saturated carbocycles. The lowest BCUT2D eigenvalue weighted by atomic mass is 10.2. The molecular formula is C13H15N3O. The summed E-state index contributed by atoms with van der Waals surface area (Å²) in [6.07, 6.45) is 6.75. The molecule has 2 rings (SSSR count). The van der Waals surface area contributed by atoms with Crippen LogP contribution in [0.3, 0.4) is 0 Å². The van der Waals surface area contributed by atoms with E-state index in [1.165, 1.54) is 0 Å². The fourth-order valence-electron chi connectivity index (χ4n) is 1.64. The van der Waals surface area contributed by atoms with Crippen LogP contribution in [0.4, 0.5) is 0 Å². The Labute approximate surface area is 100 Å². The Morgan fingerprint density at radius 3 is 2.94 bits per heavy atom. The molecule has 0 radical (unpaired) electrons. The number of hydrogen-bond donors (Lipinski definition) is 0. The molecule has 0 aromatic carbocycles. The Morgan fingerprint density at radius 1 is 1.47 bits per heavy atom. The monoisotopic (exact) mass is 229 g/mol. The molecule has 0 fully saturated rings. The number of nitrogens with zero attached hydrogens (tertiary/aromatic N) is 3. The summed E-state index contributed by atoms with van der Waals surface area (Å²) in [5, 5.41) is 0. The van der Waals surface area contributed by atoms with Crippen LogP contribution in [-0.2, 0) is 0 Å². The highest BCUT2D eigenvalue weighted by molar-refractivity contribution is 6.03. The van der Waals surface area contributed by atoms with E-state index < -0.39 is 0 Å². The molecule has 2 aromatic heterocycles. The fourth-order valence-corrected chi connectivity index (χ4v) is 1.64. The molecule has 2 aromatic rings. The molecule has 0 bridgehead atoms. The highest BCUT2D eigenvalue weighted by Crippen LogP contribution is 2.11. The van der Waals surface area contributed by atoms with Crippen LogP contribution in [0, 0.1) is 6.92 Å². The lowest BCUT2D eigenvalue weighted by Crippen LogP contribution is -2.05. The zero-order chi connectivity index (χ0) is 12.4. The minimum absolute atomic E-state index is 0.0446. The molecule has 17 heavy (non-hydrogen) atoms. The van der Waals surface area contributed by atoms with Gasteiger partial charge in [0.1, 0.15) is 11.3 Å². The third-order valence-electron chi connectivity index (χ3n) is 2.51. The Hall–Kier alpha value is -2.10. The summed E-state index contributed by atoms with van der Waals surface area (Å²) in [6.45, 7) is 1.98. The van der Waals surface area contributed by atoms with Crippen molar-refractivity contribution in [3.05, 3.63) is 48.1 Å². The third kappa shape index (κ3) is 2.20. The van der Waals surface area contributed by atoms with Crippen molar-refractivity contribution < 1.29 is 4.79 Å². The molecule has 0 aliphatic rings. The molecule has 4 nitrogen and oxygen atoms in total. The number of pyridine rings is 1. The number of imidazole rings is 1. The van der Waals surface area contributed by atoms with Gasteiger partial charge in [0.25, 0.3) is 0 Å². The van der Waals surface area contributed by atoms with Gasteiger partial charge in [-0.25, -0.2) is 4.98 Å². The standard InChI is InChI=1S/C13H15N3O/c1-10-5-4-7-16-11(9-14-13(10)16)12(17)6-8-15(2)3/h4-9H,1-3H3. The van der Waals surface area contributed by atoms with E-state index in [2.05, 4.69) is 4.98 Å². The topological polar surface area (TPSA) is 37.6 Å². The summed E-state index contributed by atoms with van der Waals surface area (Å²) in [6, 6.07) is 3.89. The second-order valence-corrected chi connectivity index (χ2v) is 4.17. The summed E-state index contributed by atoms with van der Waals surface area (Å²) < 4.78 is 1.82. The highest BCUT2D eigenvalue weighted by atomic mass is 16.1. The average Bonchev–Trinajstić information content (AvgIpc) is 2.71. The van der Waals surface area contributed by atoms with Crippen LogP contribution in [0.5, 0.6) is 0 Å². The summed E-state index contributed by atoms with van der Waals surface area (Å²) in [5.41, 5.74) is 2.47. The number of hydrogen-bond acceptors (Lipinski definition) is 3. The zero-order valence-electron chi connectivity index (χ0n) is 10.2. The van der Waals surface area contributed by atoms with E-state index in [-0.39, 0.29) is 5.78 Å². The van der Waals surface area contributed by atoms with Gasteiger partial charge in [0, 0.05) is 32.6 Å². The predicted molar refractivity (Wildman–Crippen MR) is 67.1 cm³/mol. The first kappa shape index (κ1) is 11.4. The maximum Gasteiger partial charge on any atom is 0.205 e. The number of carbonyl (C=O) groups is 1. The van der Waals surface area contributed by atoms with Crippen molar-refractivity contribution in [2.45, 2.75) is 6.92 Å². The van der Waals surface area contributed by atoms with Crippen LogP contribution in [-0.4, -0.2) is 34.2 Å². The summed E-state index contributed by atoms with van der Waals surface area (Å²) in [7, 11) is 3.75. The molecule has 0 atom stereocenters. The van der Waals surface area contributed by atoms with Crippen molar-refractivity contribution in [3.8, 4) is 0 Å². The number of ketones is 1. The van der Waals surface area contributed by atoms with Crippen LogP contribution >= 0.6 is 0 Å². The van der Waals surface area contributed by atoms with Gasteiger partial charge in [0.15, 0.2) is 0 Å². The Morgan fingerprint density at radius 2 is 2.24 bits per heavy atom. The van der Waals surface area contributed by atoms with E-state index >= 15 is 0 Å². The molecule has 2 heterocycles. The Bertz CT molecular complexity index is 581. The second kappa shape index (κ2) is 4.41. The molecule has 0 spiro atoms. The maximum absolute atomic E-state index is 12.0. The summed E-state index contributed by atoms with van der Waals surface area (Å²) >= 11 is 0. The largest absolute Gasteiger partial charge is 0.383 e. The minimum atomic E-state index is -0.0446. The lowest BCUT2D eigenvalue weighted by Gasteiger charge is -2.03. The summed E-state index contributed by atoms with van der Waals surface area (Å²) in [4.78, 5) is 18.0. The maximum atomic E-state index is 12.0. The number of carbonyl (C=O) groups excluding carboxylic acids is 1. The average molecular weight is 229 g/mol. The van der Waals surface area contributed by atoms with E-state index in [0.29, 0.717) is 5.69 Å². The Balaban J connectivity index is 2.43. The van der Waals surface area contributed by atoms with Gasteiger partial charge in [0.05, 0.1) is 6.20 Å². The number of rotatable bonds is 3. The normalized spacial score (nSPS) is 11.2. The highest BCUT2D eigenvalue weighted by Gasteiger charge is 2.09. The fraction of sp³-hybridized carbons (Fsp3) is 0.231. The van der Waals surface area contributed by atoms with Crippen molar-refractivity contribution in [1.29, 1.82) is 0 Å². The smallest absolute Gasteiger partial charge is 0.205 e. The van der Waals surface area contributed by atoms with Crippen LogP contribution in [0.1, 0.15) is 16.1 Å². The van der Waals surface area contributed by atoms with Gasteiger partial charge in [0.2, 0.25) is 5.78 Å². The van der Waals surface area contributed by atoms with Crippen molar-refractivity contribution in [3.63, 3.8) is 0 Å². The van der Waals surface area contributed by atoms with E-state index in [1.54, 1.807) is 18.5 Å². The number of fused-ring (bicyclic) bond motifs is 1. The molecule has 4 heteroatoms. The third-order valence-corrected chi connectivity index (χ3v) is 2.51. The molecule has 0 saturated heterocycles. The molecule has 0 unspecified atom stereocenters. The summed E-state index contributed by atoms with van der Waals surface area (Å²) in [5.74, 6) is -0.0446. The van der Waals surface area contributed by atoms with Gasteiger partial charge in [-0.3, -0.25) is 9.20 Å². The van der Waals surface area contributed by atoms with E-state index in [0.717, 1.165) is 11.2 Å². The van der Waals surface area contributed by atoms with Crippen LogP contribution in [0.2, 0.25) is 0 Å². The van der Waals surface area contributed by atoms with E-state index in [9.17, 15) is 4.79 Å². The van der Waals surface area contributed by atoms with Crippen molar-refractivity contribution in [2.24, 2.45) is 0 Å². The molecule has 0 aliphatic heterocycles. The van der Waals surface area contributed by atoms with Gasteiger partial charge in [-0.05, 0) is 18.6 Å². The minimum Gasteiger partial charge on any atom is -0.383 e. The molecule has 0 amide bonds. The van der Waals surface area contributed by atoms with Crippen LogP contribution in [0.15, 0.2) is 36.8 Å². The number of aryl methyl sites for hydroxylation is 1. The first-order chi connectivity index (χ1) is 8.09. The van der Waals surface area contributed by atoms with Crippen molar-refractivity contribution in [1.82, 2.24) is 14.3 Å². The van der Waals surface area contributed by atoms with Gasteiger partial charge >= 0.3 is 0 Å². The first-order valence-corrected chi connectivity index (χ1v) is 5.41. The molecule has 88 valence electrons. The SMILES string of the molecule is Cc1cccn2c(C(=O)C=CN(C)C)cnc12. The molecular weight excluding hydrogens is 214 g/mol. The van der Waals surface area contributed by atoms with Crippen molar-refractivity contribution >= 4 is 11.4 Å². The van der Waals surface area contributed by atoms with Crippen LogP contribution < -0.4 is 0 Å². The van der Waals surface area contributed by atoms with Gasteiger partial charge in [-0.2, -0.15) is 0 Å². The van der Waals surface area contributed by atoms with E-state index in [1.807, 2.05) is 48.6 Å². The van der Waals surface area contributed by atoms with Gasteiger partial charge in [-0.15, -0.1) is 0 Å². The van der Waals surface area contributed by atoms with E-state index in [4.69, 9.17) is 0 Å². The first-order valence-electron chi connectivity index (χ1n) is 5.41.